The van der Waals surface area contributed by atoms with Crippen LogP contribution in [-0.4, -0.2) is 26.8 Å². The van der Waals surface area contributed by atoms with Gasteiger partial charge in [-0.05, 0) is 55.8 Å². The highest BCUT2D eigenvalue weighted by Gasteiger charge is 2.55. The number of halogens is 2. The average molecular weight is 314 g/mol. The van der Waals surface area contributed by atoms with Crippen LogP contribution in [0.2, 0.25) is 10.0 Å². The summed E-state index contributed by atoms with van der Waals surface area (Å²) in [7, 11) is 2.01. The number of likely N-dealkylation sites (N-methyl/N-ethyl adjacent to an activating group) is 1. The highest BCUT2D eigenvalue weighted by Crippen LogP contribution is 2.61. The van der Waals surface area contributed by atoms with Crippen LogP contribution in [0.1, 0.15) is 31.2 Å². The Morgan fingerprint density at radius 1 is 1.20 bits per heavy atom. The van der Waals surface area contributed by atoms with E-state index in [2.05, 4.69) is 11.4 Å². The topological polar surface area (TPSA) is 21.3 Å². The maximum absolute atomic E-state index is 6.45. The molecule has 0 bridgehead atoms. The molecule has 1 heterocycles. The van der Waals surface area contributed by atoms with Gasteiger partial charge in [-0.1, -0.05) is 29.3 Å². The van der Waals surface area contributed by atoms with Gasteiger partial charge in [-0.2, -0.15) is 0 Å². The third-order valence-electron chi connectivity index (χ3n) is 5.00. The molecule has 1 N–H and O–H groups in total. The summed E-state index contributed by atoms with van der Waals surface area (Å²) in [6.07, 6.45) is 4.77. The van der Waals surface area contributed by atoms with Crippen LogP contribution in [0, 0.1) is 5.41 Å². The normalized spacial score (nSPS) is 23.6. The largest absolute Gasteiger partial charge is 0.381 e. The first-order valence-corrected chi connectivity index (χ1v) is 8.03. The van der Waals surface area contributed by atoms with Gasteiger partial charge in [-0.3, -0.25) is 0 Å². The van der Waals surface area contributed by atoms with E-state index in [1.165, 1.54) is 31.2 Å². The summed E-state index contributed by atoms with van der Waals surface area (Å²) in [5.41, 5.74) is 1.88. The van der Waals surface area contributed by atoms with E-state index in [1.807, 2.05) is 19.2 Å². The number of nitrogens with one attached hydrogen (secondary N) is 1. The number of benzene rings is 1. The van der Waals surface area contributed by atoms with Gasteiger partial charge in [0.15, 0.2) is 0 Å². The number of ether oxygens (including phenoxy) is 1. The minimum absolute atomic E-state index is 0.160. The molecule has 3 rings (SSSR count). The average Bonchev–Trinajstić information content (AvgIpc) is 2.38. The molecule has 0 radical (unpaired) electrons. The molecular formula is C16H21Cl2NO. The Hall–Kier alpha value is -0.280. The molecule has 0 amide bonds. The first-order chi connectivity index (χ1) is 9.59. The molecule has 110 valence electrons. The van der Waals surface area contributed by atoms with Gasteiger partial charge in [0.25, 0.3) is 0 Å². The fraction of sp³-hybridized carbons (Fsp3) is 0.625. The Morgan fingerprint density at radius 2 is 1.90 bits per heavy atom. The molecule has 4 heteroatoms. The Labute approximate surface area is 130 Å². The minimum atomic E-state index is 0.160. The quantitative estimate of drug-likeness (QED) is 0.909. The Morgan fingerprint density at radius 3 is 2.50 bits per heavy atom. The first-order valence-electron chi connectivity index (χ1n) is 7.27. The summed E-state index contributed by atoms with van der Waals surface area (Å²) < 4.78 is 5.51. The SMILES string of the molecule is CNCC1(c2ccc(Cl)cc2Cl)CC2(CCOCC2)C1. The van der Waals surface area contributed by atoms with Gasteiger partial charge < -0.3 is 10.1 Å². The van der Waals surface area contributed by atoms with Crippen molar-refractivity contribution in [2.45, 2.75) is 31.1 Å². The van der Waals surface area contributed by atoms with Gasteiger partial charge in [-0.25, -0.2) is 0 Å². The summed E-state index contributed by atoms with van der Waals surface area (Å²) in [6.45, 7) is 2.78. The zero-order chi connectivity index (χ0) is 14.2. The van der Waals surface area contributed by atoms with Crippen molar-refractivity contribution in [2.75, 3.05) is 26.8 Å². The standard InChI is InChI=1S/C16H21Cl2NO/c1-19-11-16(13-3-2-12(17)8-14(13)18)9-15(10-16)4-6-20-7-5-15/h2-3,8,19H,4-7,9-11H2,1H3. The number of hydrogen-bond acceptors (Lipinski definition) is 2. The van der Waals surface area contributed by atoms with Crippen molar-refractivity contribution in [1.29, 1.82) is 0 Å². The molecule has 2 nitrogen and oxygen atoms in total. The summed E-state index contributed by atoms with van der Waals surface area (Å²) in [4.78, 5) is 0. The van der Waals surface area contributed by atoms with Crippen molar-refractivity contribution in [1.82, 2.24) is 5.32 Å². The van der Waals surface area contributed by atoms with E-state index in [1.54, 1.807) is 0 Å². The summed E-state index contributed by atoms with van der Waals surface area (Å²) in [5, 5.41) is 4.86. The molecule has 1 saturated heterocycles. The van der Waals surface area contributed by atoms with E-state index >= 15 is 0 Å². The molecule has 1 aliphatic carbocycles. The van der Waals surface area contributed by atoms with Gasteiger partial charge >= 0.3 is 0 Å². The van der Waals surface area contributed by atoms with Crippen LogP contribution in [0.5, 0.6) is 0 Å². The second kappa shape index (κ2) is 5.49. The van der Waals surface area contributed by atoms with Crippen molar-refractivity contribution in [3.8, 4) is 0 Å². The molecule has 2 aliphatic rings. The summed E-state index contributed by atoms with van der Waals surface area (Å²) in [6, 6.07) is 5.92. The van der Waals surface area contributed by atoms with E-state index in [0.717, 1.165) is 24.8 Å². The lowest BCUT2D eigenvalue weighted by Crippen LogP contribution is -2.56. The second-order valence-electron chi connectivity index (χ2n) is 6.40. The molecule has 1 aromatic rings. The molecule has 1 aliphatic heterocycles. The van der Waals surface area contributed by atoms with Crippen molar-refractivity contribution in [2.24, 2.45) is 5.41 Å². The molecular weight excluding hydrogens is 293 g/mol. The number of hydrogen-bond donors (Lipinski definition) is 1. The van der Waals surface area contributed by atoms with Crippen molar-refractivity contribution < 1.29 is 4.74 Å². The monoisotopic (exact) mass is 313 g/mol. The van der Waals surface area contributed by atoms with Crippen molar-refractivity contribution >= 4 is 23.2 Å². The Balaban J connectivity index is 1.87. The lowest BCUT2D eigenvalue weighted by molar-refractivity contribution is -0.0732. The fourth-order valence-electron chi connectivity index (χ4n) is 4.21. The van der Waals surface area contributed by atoms with Gasteiger partial charge in [0.1, 0.15) is 0 Å². The molecule has 0 aromatic heterocycles. The Kier molecular flexibility index (Phi) is 4.02. The third-order valence-corrected chi connectivity index (χ3v) is 5.55. The highest BCUT2D eigenvalue weighted by molar-refractivity contribution is 6.35. The van der Waals surface area contributed by atoms with Crippen molar-refractivity contribution in [3.05, 3.63) is 33.8 Å². The van der Waals surface area contributed by atoms with Crippen LogP contribution in [0.25, 0.3) is 0 Å². The van der Waals surface area contributed by atoms with E-state index in [0.29, 0.717) is 10.4 Å². The molecule has 0 atom stereocenters. The maximum atomic E-state index is 6.45. The predicted molar refractivity (Wildman–Crippen MR) is 83.8 cm³/mol. The fourth-order valence-corrected chi connectivity index (χ4v) is 4.82. The lowest BCUT2D eigenvalue weighted by atomic mass is 9.48. The molecule has 1 aromatic carbocycles. The first kappa shape index (κ1) is 14.6. The van der Waals surface area contributed by atoms with Crippen LogP contribution >= 0.6 is 23.2 Å². The second-order valence-corrected chi connectivity index (χ2v) is 7.24. The van der Waals surface area contributed by atoms with Crippen LogP contribution in [0.4, 0.5) is 0 Å². The van der Waals surface area contributed by atoms with Gasteiger partial charge in [0, 0.05) is 35.2 Å². The smallest absolute Gasteiger partial charge is 0.0471 e. The highest BCUT2D eigenvalue weighted by atomic mass is 35.5. The van der Waals surface area contributed by atoms with E-state index in [-0.39, 0.29) is 5.41 Å². The number of rotatable bonds is 3. The zero-order valence-electron chi connectivity index (χ0n) is 11.8. The Bertz CT molecular complexity index is 489. The maximum Gasteiger partial charge on any atom is 0.0471 e. The molecule has 20 heavy (non-hydrogen) atoms. The van der Waals surface area contributed by atoms with Crippen LogP contribution in [-0.2, 0) is 10.2 Å². The molecule has 0 unspecified atom stereocenters. The van der Waals surface area contributed by atoms with E-state index in [4.69, 9.17) is 27.9 Å². The van der Waals surface area contributed by atoms with Gasteiger partial charge in [0.05, 0.1) is 0 Å². The summed E-state index contributed by atoms with van der Waals surface area (Å²) in [5.74, 6) is 0. The molecule has 1 spiro atoms. The zero-order valence-corrected chi connectivity index (χ0v) is 13.4. The summed E-state index contributed by atoms with van der Waals surface area (Å²) >= 11 is 12.5. The van der Waals surface area contributed by atoms with E-state index in [9.17, 15) is 0 Å². The van der Waals surface area contributed by atoms with Crippen LogP contribution < -0.4 is 5.32 Å². The predicted octanol–water partition coefficient (Wildman–Crippen LogP) is 4.04. The van der Waals surface area contributed by atoms with E-state index < -0.39 is 0 Å². The minimum Gasteiger partial charge on any atom is -0.381 e. The third kappa shape index (κ3) is 2.48. The van der Waals surface area contributed by atoms with Crippen LogP contribution in [0.15, 0.2) is 18.2 Å². The van der Waals surface area contributed by atoms with Gasteiger partial charge in [0.2, 0.25) is 0 Å². The molecule has 1 saturated carbocycles. The van der Waals surface area contributed by atoms with Gasteiger partial charge in [-0.15, -0.1) is 0 Å². The van der Waals surface area contributed by atoms with Crippen molar-refractivity contribution in [3.63, 3.8) is 0 Å². The van der Waals surface area contributed by atoms with Crippen LogP contribution in [0.3, 0.4) is 0 Å². The molecule has 2 fully saturated rings. The lowest BCUT2D eigenvalue weighted by Gasteiger charge is -2.58.